The van der Waals surface area contributed by atoms with E-state index in [9.17, 15) is 0 Å². The van der Waals surface area contributed by atoms with Gasteiger partial charge in [0.15, 0.2) is 0 Å². The van der Waals surface area contributed by atoms with Gasteiger partial charge in [0, 0.05) is 15.5 Å². The van der Waals surface area contributed by atoms with Crippen LogP contribution < -0.4 is 0 Å². The topological polar surface area (TPSA) is 0 Å². The largest absolute Gasteiger partial charge is 0.143 e. The molecule has 0 nitrogen and oxygen atoms in total. The Morgan fingerprint density at radius 1 is 0.654 bits per heavy atom. The summed E-state index contributed by atoms with van der Waals surface area (Å²) in [6.07, 6.45) is 5.13. The Morgan fingerprint density at radius 2 is 1.31 bits per heavy atom. The number of hydrogen-bond acceptors (Lipinski definition) is 1. The summed E-state index contributed by atoms with van der Waals surface area (Å²) < 4.78 is 0. The van der Waals surface area contributed by atoms with E-state index in [-0.39, 0.29) is 0 Å². The van der Waals surface area contributed by atoms with E-state index in [2.05, 4.69) is 78.2 Å². The molecule has 0 aliphatic heterocycles. The summed E-state index contributed by atoms with van der Waals surface area (Å²) in [4.78, 5) is 1.47. The molecule has 26 heavy (non-hydrogen) atoms. The van der Waals surface area contributed by atoms with Crippen LogP contribution in [0.2, 0.25) is 0 Å². The van der Waals surface area contributed by atoms with Gasteiger partial charge in [0.25, 0.3) is 0 Å². The van der Waals surface area contributed by atoms with Crippen molar-refractivity contribution in [3.05, 3.63) is 89.3 Å². The van der Waals surface area contributed by atoms with Gasteiger partial charge in [-0.25, -0.2) is 0 Å². The van der Waals surface area contributed by atoms with Crippen molar-refractivity contribution in [1.29, 1.82) is 0 Å². The first-order valence-electron chi connectivity index (χ1n) is 9.34. The molecule has 0 radical (unpaired) electrons. The summed E-state index contributed by atoms with van der Waals surface area (Å²) in [5.41, 5.74) is 4.73. The molecule has 2 heteroatoms. The van der Waals surface area contributed by atoms with Gasteiger partial charge in [0.05, 0.1) is 0 Å². The smallest absolute Gasteiger partial charge is 0.0388 e. The quantitative estimate of drug-likeness (QED) is 0.342. The minimum Gasteiger partial charge on any atom is -0.143 e. The molecule has 0 spiro atoms. The lowest BCUT2D eigenvalue weighted by molar-refractivity contribution is 0.692. The highest BCUT2D eigenvalue weighted by atomic mass is 32.1. The van der Waals surface area contributed by atoms with Gasteiger partial charge in [-0.1, -0.05) is 74.3 Å². The Kier molecular flexibility index (Phi) is 4.28. The maximum absolute atomic E-state index is 2.33. The van der Waals surface area contributed by atoms with Crippen LogP contribution in [-0.2, 0) is 12.8 Å². The van der Waals surface area contributed by atoms with E-state index in [0.29, 0.717) is 0 Å². The fraction of sp³-hybridized carbons (Fsp3) is 0.167. The zero-order chi connectivity index (χ0) is 17.3. The van der Waals surface area contributed by atoms with Crippen LogP contribution in [0.15, 0.2) is 78.2 Å². The lowest BCUT2D eigenvalue weighted by atomic mass is 9.90. The van der Waals surface area contributed by atoms with Crippen molar-refractivity contribution in [3.8, 4) is 26.3 Å². The molecule has 1 aliphatic carbocycles. The molecule has 128 valence electrons. The SMILES string of the molecule is c1ccc(-c2c3c(c(-c4cccs4)p2-c2ccccc2)CCCC3)cc1. The summed E-state index contributed by atoms with van der Waals surface area (Å²) in [7, 11) is -0.475. The van der Waals surface area contributed by atoms with Gasteiger partial charge >= 0.3 is 0 Å². The van der Waals surface area contributed by atoms with Crippen LogP contribution in [0, 0.1) is 0 Å². The Hall–Kier alpha value is -2.08. The summed E-state index contributed by atoms with van der Waals surface area (Å²) >= 11 is 1.90. The first-order valence-corrected chi connectivity index (χ1v) is 11.6. The number of hydrogen-bond donors (Lipinski definition) is 0. The van der Waals surface area contributed by atoms with E-state index in [1.165, 1.54) is 41.4 Å². The van der Waals surface area contributed by atoms with Crippen LogP contribution in [0.3, 0.4) is 0 Å². The number of rotatable bonds is 3. The third-order valence-corrected chi connectivity index (χ3v) is 9.09. The van der Waals surface area contributed by atoms with E-state index in [1.54, 1.807) is 21.7 Å². The van der Waals surface area contributed by atoms with E-state index in [0.717, 1.165) is 0 Å². The second-order valence-corrected chi connectivity index (χ2v) is 9.91. The van der Waals surface area contributed by atoms with Crippen molar-refractivity contribution in [2.45, 2.75) is 25.7 Å². The van der Waals surface area contributed by atoms with Gasteiger partial charge in [0.2, 0.25) is 0 Å². The fourth-order valence-electron chi connectivity index (χ4n) is 4.22. The van der Waals surface area contributed by atoms with Gasteiger partial charge in [0.1, 0.15) is 0 Å². The van der Waals surface area contributed by atoms with E-state index < -0.39 is 7.53 Å². The minimum atomic E-state index is -0.475. The zero-order valence-corrected chi connectivity index (χ0v) is 16.4. The summed E-state index contributed by atoms with van der Waals surface area (Å²) in [5, 5.41) is 6.96. The fourth-order valence-corrected chi connectivity index (χ4v) is 8.29. The Balaban J connectivity index is 1.89. The molecule has 2 aromatic carbocycles. The molecule has 1 unspecified atom stereocenters. The minimum absolute atomic E-state index is 0.475. The van der Waals surface area contributed by atoms with Crippen molar-refractivity contribution in [3.63, 3.8) is 0 Å². The highest BCUT2D eigenvalue weighted by Gasteiger charge is 2.27. The number of thiophene rings is 1. The highest BCUT2D eigenvalue weighted by molar-refractivity contribution is 7.64. The van der Waals surface area contributed by atoms with Crippen LogP contribution in [0.5, 0.6) is 0 Å². The predicted octanol–water partition coefficient (Wildman–Crippen LogP) is 7.94. The van der Waals surface area contributed by atoms with Crippen LogP contribution in [-0.4, -0.2) is 0 Å². The van der Waals surface area contributed by atoms with Gasteiger partial charge < -0.3 is 0 Å². The third kappa shape index (κ3) is 2.67. The lowest BCUT2D eigenvalue weighted by Crippen LogP contribution is -2.01. The molecule has 2 heterocycles. The first kappa shape index (κ1) is 16.1. The average Bonchev–Trinajstić information content (AvgIpc) is 3.35. The van der Waals surface area contributed by atoms with Crippen molar-refractivity contribution in [2.24, 2.45) is 0 Å². The van der Waals surface area contributed by atoms with E-state index in [4.69, 9.17) is 0 Å². The summed E-state index contributed by atoms with van der Waals surface area (Å²) in [6.45, 7) is 0. The molecule has 0 saturated carbocycles. The zero-order valence-electron chi connectivity index (χ0n) is 14.7. The molecule has 0 N–H and O–H groups in total. The normalized spacial score (nSPS) is 14.2. The molecule has 2 aromatic heterocycles. The van der Waals surface area contributed by atoms with Crippen LogP contribution in [0.25, 0.3) is 26.3 Å². The molecule has 5 rings (SSSR count). The van der Waals surface area contributed by atoms with Gasteiger partial charge in [-0.05, 0) is 59.1 Å². The molecule has 0 saturated heterocycles. The van der Waals surface area contributed by atoms with Crippen LogP contribution in [0.4, 0.5) is 0 Å². The number of fused-ring (bicyclic) bond motifs is 1. The van der Waals surface area contributed by atoms with Crippen LogP contribution >= 0.6 is 18.9 Å². The van der Waals surface area contributed by atoms with Crippen molar-refractivity contribution < 1.29 is 0 Å². The monoisotopic (exact) mass is 372 g/mol. The Morgan fingerprint density at radius 3 is 1.96 bits per heavy atom. The lowest BCUT2D eigenvalue weighted by Gasteiger charge is -2.14. The molecule has 0 fully saturated rings. The average molecular weight is 372 g/mol. The second kappa shape index (κ2) is 6.91. The molecular weight excluding hydrogens is 351 g/mol. The van der Waals surface area contributed by atoms with Gasteiger partial charge in [-0.15, -0.1) is 11.3 Å². The summed E-state index contributed by atoms with van der Waals surface area (Å²) in [6, 6.07) is 26.8. The van der Waals surface area contributed by atoms with Gasteiger partial charge in [-0.2, -0.15) is 0 Å². The summed E-state index contributed by atoms with van der Waals surface area (Å²) in [5.74, 6) is 0. The Bertz CT molecular complexity index is 1010. The third-order valence-electron chi connectivity index (χ3n) is 5.30. The molecule has 1 aliphatic rings. The first-order chi connectivity index (χ1) is 12.9. The standard InChI is InChI=1S/C24H21PS/c1-3-10-18(11-4-1)23-20-14-7-8-15-21(20)24(22-16-9-17-26-22)25(23)19-12-5-2-6-13-19/h1-6,9-13,16-17H,7-8,14-15H2. The molecule has 4 aromatic rings. The van der Waals surface area contributed by atoms with E-state index >= 15 is 0 Å². The Labute approximate surface area is 160 Å². The second-order valence-electron chi connectivity index (χ2n) is 6.88. The molecule has 1 atom stereocenters. The van der Waals surface area contributed by atoms with E-state index in [1.807, 2.05) is 11.3 Å². The molecule has 0 bridgehead atoms. The van der Waals surface area contributed by atoms with Crippen molar-refractivity contribution in [1.82, 2.24) is 0 Å². The van der Waals surface area contributed by atoms with Gasteiger partial charge in [-0.3, -0.25) is 0 Å². The van der Waals surface area contributed by atoms with Crippen molar-refractivity contribution in [2.75, 3.05) is 0 Å². The number of benzene rings is 2. The molecular formula is C24H21PS. The van der Waals surface area contributed by atoms with Crippen LogP contribution in [0.1, 0.15) is 24.0 Å². The highest BCUT2D eigenvalue weighted by Crippen LogP contribution is 2.62. The molecule has 0 amide bonds. The maximum atomic E-state index is 2.33. The maximum Gasteiger partial charge on any atom is 0.0388 e. The predicted molar refractivity (Wildman–Crippen MR) is 116 cm³/mol. The van der Waals surface area contributed by atoms with Crippen molar-refractivity contribution >= 4 is 18.9 Å².